The number of carbonyl (C=O) groups excluding carboxylic acids is 4. The molecule has 3 aromatic carbocycles. The maximum absolute atomic E-state index is 15.3. The summed E-state index contributed by atoms with van der Waals surface area (Å²) in [6, 6.07) is 18.6. The fraction of sp³-hybridized carbons (Fsp3) is 0.256. The zero-order valence-corrected chi connectivity index (χ0v) is 32.2. The second-order valence-corrected chi connectivity index (χ2v) is 15.9. The number of methoxy groups -OCH3 is 1. The van der Waals surface area contributed by atoms with Crippen molar-refractivity contribution < 1.29 is 42.2 Å². The zero-order chi connectivity index (χ0) is 39.1. The van der Waals surface area contributed by atoms with Crippen LogP contribution in [0.4, 0.5) is 24.7 Å². The minimum absolute atomic E-state index is 0.0509. The van der Waals surface area contributed by atoms with Crippen molar-refractivity contribution >= 4 is 80.9 Å². The fourth-order valence-electron chi connectivity index (χ4n) is 8.89. The third-order valence-corrected chi connectivity index (χ3v) is 12.4. The van der Waals surface area contributed by atoms with Crippen LogP contribution in [-0.2, 0) is 30.8 Å². The van der Waals surface area contributed by atoms with Crippen LogP contribution in [0.5, 0.6) is 11.5 Å². The third-order valence-electron chi connectivity index (χ3n) is 11.2. The Labute approximate surface area is 335 Å². The first-order chi connectivity index (χ1) is 26.2. The number of rotatable bonds is 6. The molecule has 1 aromatic heterocycles. The number of phenolic OH excluding ortho intramolecular Hbond substituents is 1. The lowest BCUT2D eigenvalue weighted by molar-refractivity contribution is -0.139. The maximum atomic E-state index is 15.3. The van der Waals surface area contributed by atoms with Gasteiger partial charge in [0.15, 0.2) is 17.3 Å². The van der Waals surface area contributed by atoms with E-state index in [1.807, 2.05) is 6.08 Å². The molecule has 0 radical (unpaired) electrons. The second-order valence-electron chi connectivity index (χ2n) is 13.8. The van der Waals surface area contributed by atoms with Gasteiger partial charge in [0.05, 0.1) is 46.6 Å². The largest absolute Gasteiger partial charge is 0.504 e. The molecule has 282 valence electrons. The number of allylic oxidation sites excluding steroid dienone is 2. The van der Waals surface area contributed by atoms with Gasteiger partial charge in [0.2, 0.25) is 11.8 Å². The molecule has 4 amide bonds. The van der Waals surface area contributed by atoms with E-state index < -0.39 is 69.5 Å². The number of nitrogens with one attached hydrogen (secondary N) is 1. The molecule has 2 aliphatic heterocycles. The molecule has 10 nitrogen and oxygen atoms in total. The average Bonchev–Trinajstić information content (AvgIpc) is 3.53. The lowest BCUT2D eigenvalue weighted by atomic mass is 9.49. The lowest BCUT2D eigenvalue weighted by Gasteiger charge is -2.50. The van der Waals surface area contributed by atoms with Crippen LogP contribution in [0.15, 0.2) is 90.6 Å². The molecule has 0 bridgehead atoms. The Hall–Kier alpha value is -4.67. The standard InChI is InChI=1S/C39H28Cl2F3IN4O6/c1-55-30-13-2-18(14-29(30)50)32-24-11-12-25-31(36(53)48(34(25)51)23-9-7-22(45)8-10-23)26(24)16-27-35(52)49(37(54)38(27,32)19-3-5-21(40)6-4-19)47-33-28(41)15-20(17-46-33)39(42,43)44/h2-11,13-15,17,25-27,31-32,50H,12,16H2,1H3,(H,46,47)/t25-,26+,27-,31-,32-,38+/m0/s1. The number of benzene rings is 3. The Morgan fingerprint density at radius 1 is 0.945 bits per heavy atom. The van der Waals surface area contributed by atoms with Crippen molar-refractivity contribution in [2.24, 2.45) is 23.7 Å². The predicted octanol–water partition coefficient (Wildman–Crippen LogP) is 7.92. The smallest absolute Gasteiger partial charge is 0.417 e. The molecule has 4 aromatic rings. The number of hydrogen-bond donors (Lipinski definition) is 2. The van der Waals surface area contributed by atoms with Gasteiger partial charge in [-0.2, -0.15) is 18.2 Å². The number of aromatic hydroxyl groups is 1. The van der Waals surface area contributed by atoms with Gasteiger partial charge in [-0.15, -0.1) is 0 Å². The van der Waals surface area contributed by atoms with E-state index in [0.29, 0.717) is 44.7 Å². The number of amides is 4. The highest BCUT2D eigenvalue weighted by molar-refractivity contribution is 14.1. The SMILES string of the molecule is COc1ccc([C@H]2C3=CC[C@@H]4C(=O)N(c5ccc(I)cc5)C(=O)[C@@H]4[C@@H]3C[C@H]3C(=O)N(Nc4ncc(C(F)(F)F)cc4Cl)C(=O)[C@@]23c2ccc(Cl)cc2)cc1O. The van der Waals surface area contributed by atoms with Crippen LogP contribution in [0.2, 0.25) is 10.0 Å². The Morgan fingerprint density at radius 2 is 1.65 bits per heavy atom. The van der Waals surface area contributed by atoms with E-state index in [2.05, 4.69) is 33.0 Å². The summed E-state index contributed by atoms with van der Waals surface area (Å²) in [6.45, 7) is 0. The molecule has 3 fully saturated rings. The number of imide groups is 2. The van der Waals surface area contributed by atoms with E-state index in [4.69, 9.17) is 27.9 Å². The summed E-state index contributed by atoms with van der Waals surface area (Å²) in [5.41, 5.74) is 1.54. The summed E-state index contributed by atoms with van der Waals surface area (Å²) in [5, 5.41) is 11.7. The number of alkyl halides is 3. The number of ether oxygens (including phenoxy) is 1. The molecule has 8 rings (SSSR count). The van der Waals surface area contributed by atoms with Crippen LogP contribution in [-0.4, -0.2) is 45.8 Å². The van der Waals surface area contributed by atoms with E-state index in [0.717, 1.165) is 3.57 Å². The molecule has 2 aliphatic carbocycles. The molecular formula is C39H28Cl2F3IN4O6. The van der Waals surface area contributed by atoms with E-state index in [-0.39, 0.29) is 36.1 Å². The number of nitrogens with zero attached hydrogens (tertiary/aromatic N) is 3. The minimum Gasteiger partial charge on any atom is -0.504 e. The highest BCUT2D eigenvalue weighted by atomic mass is 127. The highest BCUT2D eigenvalue weighted by Crippen LogP contribution is 2.64. The van der Waals surface area contributed by atoms with Crippen LogP contribution in [0, 0.1) is 27.2 Å². The van der Waals surface area contributed by atoms with Gasteiger partial charge in [0.25, 0.3) is 11.8 Å². The quantitative estimate of drug-likeness (QED) is 0.114. The van der Waals surface area contributed by atoms with Crippen molar-refractivity contribution in [3.63, 3.8) is 0 Å². The molecule has 2 saturated heterocycles. The van der Waals surface area contributed by atoms with Gasteiger partial charge in [0.1, 0.15) is 0 Å². The molecule has 1 saturated carbocycles. The van der Waals surface area contributed by atoms with Gasteiger partial charge in [-0.1, -0.05) is 53.1 Å². The molecule has 4 aliphatic rings. The van der Waals surface area contributed by atoms with Crippen LogP contribution in [0.1, 0.15) is 35.4 Å². The number of phenols is 1. The number of hydrogen-bond acceptors (Lipinski definition) is 8. The monoisotopic (exact) mass is 902 g/mol. The van der Waals surface area contributed by atoms with Crippen LogP contribution in [0.25, 0.3) is 0 Å². The van der Waals surface area contributed by atoms with Gasteiger partial charge in [-0.25, -0.2) is 4.98 Å². The predicted molar refractivity (Wildman–Crippen MR) is 203 cm³/mol. The molecule has 0 spiro atoms. The van der Waals surface area contributed by atoms with Crippen molar-refractivity contribution in [2.45, 2.75) is 30.4 Å². The summed E-state index contributed by atoms with van der Waals surface area (Å²) < 4.78 is 46.7. The molecule has 6 atom stereocenters. The maximum Gasteiger partial charge on any atom is 0.417 e. The average molecular weight is 903 g/mol. The molecule has 16 heteroatoms. The van der Waals surface area contributed by atoms with Crippen LogP contribution >= 0.6 is 45.8 Å². The number of pyridine rings is 1. The molecular weight excluding hydrogens is 875 g/mol. The fourth-order valence-corrected chi connectivity index (χ4v) is 9.58. The summed E-state index contributed by atoms with van der Waals surface area (Å²) in [7, 11) is 1.38. The molecule has 55 heavy (non-hydrogen) atoms. The van der Waals surface area contributed by atoms with Crippen molar-refractivity contribution in [1.82, 2.24) is 9.99 Å². The Bertz CT molecular complexity index is 2330. The Kier molecular flexibility index (Phi) is 9.16. The summed E-state index contributed by atoms with van der Waals surface area (Å²) in [4.78, 5) is 63.6. The number of fused-ring (bicyclic) bond motifs is 4. The van der Waals surface area contributed by atoms with Gasteiger partial charge in [-0.05, 0) is 107 Å². The summed E-state index contributed by atoms with van der Waals surface area (Å²) in [5.74, 6) is -7.38. The van der Waals surface area contributed by atoms with Gasteiger partial charge >= 0.3 is 6.18 Å². The van der Waals surface area contributed by atoms with Crippen molar-refractivity contribution in [3.8, 4) is 11.5 Å². The van der Waals surface area contributed by atoms with Crippen LogP contribution in [0.3, 0.4) is 0 Å². The zero-order valence-electron chi connectivity index (χ0n) is 28.5. The number of hydrazine groups is 1. The Morgan fingerprint density at radius 3 is 2.29 bits per heavy atom. The van der Waals surface area contributed by atoms with Gasteiger partial charge in [-0.3, -0.25) is 29.5 Å². The first-order valence-electron chi connectivity index (χ1n) is 17.0. The summed E-state index contributed by atoms with van der Waals surface area (Å²) >= 11 is 14.7. The summed E-state index contributed by atoms with van der Waals surface area (Å²) in [6.07, 6.45) is -2.25. The van der Waals surface area contributed by atoms with Gasteiger partial charge < -0.3 is 9.84 Å². The highest BCUT2D eigenvalue weighted by Gasteiger charge is 2.70. The van der Waals surface area contributed by atoms with E-state index in [1.54, 1.807) is 54.6 Å². The van der Waals surface area contributed by atoms with Crippen LogP contribution < -0.4 is 15.1 Å². The molecule has 3 heterocycles. The van der Waals surface area contributed by atoms with E-state index >= 15 is 4.79 Å². The van der Waals surface area contributed by atoms with Crippen molar-refractivity contribution in [2.75, 3.05) is 17.4 Å². The Balaban J connectivity index is 1.31. The first kappa shape index (κ1) is 37.3. The molecule has 0 unspecified atom stereocenters. The van der Waals surface area contributed by atoms with Crippen molar-refractivity contribution in [3.05, 3.63) is 121 Å². The second kappa shape index (κ2) is 13.5. The van der Waals surface area contributed by atoms with E-state index in [1.165, 1.54) is 24.1 Å². The molecule has 2 N–H and O–H groups in total. The normalized spacial score (nSPS) is 26.1. The van der Waals surface area contributed by atoms with Gasteiger partial charge in [0, 0.05) is 20.7 Å². The number of halogens is 6. The first-order valence-corrected chi connectivity index (χ1v) is 18.8. The number of anilines is 2. The lowest BCUT2D eigenvalue weighted by Crippen LogP contribution is -2.53. The topological polar surface area (TPSA) is 129 Å². The third kappa shape index (κ3) is 5.77. The number of aromatic nitrogens is 1. The van der Waals surface area contributed by atoms with E-state index in [9.17, 15) is 32.7 Å². The van der Waals surface area contributed by atoms with Crippen molar-refractivity contribution in [1.29, 1.82) is 0 Å². The minimum atomic E-state index is -4.76. The number of carbonyl (C=O) groups is 4.